The van der Waals surface area contributed by atoms with Gasteiger partial charge in [0.05, 0.1) is 12.7 Å². The molecule has 1 radical (unpaired) electrons. The van der Waals surface area contributed by atoms with E-state index in [-0.39, 0.29) is 5.82 Å². The summed E-state index contributed by atoms with van der Waals surface area (Å²) >= 11 is 0. The number of benzene rings is 1. The van der Waals surface area contributed by atoms with Crippen LogP contribution in [0.15, 0.2) is 18.2 Å². The molecule has 0 saturated carbocycles. The topological polar surface area (TPSA) is 9.23 Å². The molecule has 1 rings (SSSR count). The van der Waals surface area contributed by atoms with Crippen LogP contribution >= 0.6 is 0 Å². The Bertz CT molecular complexity index is 235. The standard InChI is InChI=1S/C10H12FO/c1-2-3-7-12-10-6-4-5-9(11)8-10/h4-6H,2-3,7H2,1H3. The van der Waals surface area contributed by atoms with Crippen LogP contribution in [0.1, 0.15) is 19.8 Å². The van der Waals surface area contributed by atoms with Gasteiger partial charge in [-0.2, -0.15) is 0 Å². The Balaban J connectivity index is 2.41. The minimum Gasteiger partial charge on any atom is -0.493 e. The van der Waals surface area contributed by atoms with E-state index in [1.54, 1.807) is 12.1 Å². The quantitative estimate of drug-likeness (QED) is 0.626. The van der Waals surface area contributed by atoms with Crippen LogP contribution in [0.5, 0.6) is 5.75 Å². The molecule has 0 N–H and O–H groups in total. The molecule has 2 heteroatoms. The van der Waals surface area contributed by atoms with Crippen LogP contribution in [0, 0.1) is 11.9 Å². The van der Waals surface area contributed by atoms with Crippen molar-refractivity contribution in [1.82, 2.24) is 0 Å². The molecule has 65 valence electrons. The van der Waals surface area contributed by atoms with Gasteiger partial charge in [-0.05, 0) is 18.6 Å². The normalized spacial score (nSPS) is 9.83. The zero-order valence-corrected chi connectivity index (χ0v) is 7.14. The zero-order chi connectivity index (χ0) is 8.81. The van der Waals surface area contributed by atoms with Crippen molar-refractivity contribution in [3.8, 4) is 5.75 Å². The monoisotopic (exact) mass is 167 g/mol. The molecule has 0 saturated heterocycles. The molecule has 1 aromatic rings. The molecular weight excluding hydrogens is 155 g/mol. The smallest absolute Gasteiger partial charge is 0.135 e. The number of hydrogen-bond acceptors (Lipinski definition) is 1. The van der Waals surface area contributed by atoms with Crippen molar-refractivity contribution in [3.63, 3.8) is 0 Å². The lowest BCUT2D eigenvalue weighted by molar-refractivity contribution is 0.307. The Morgan fingerprint density at radius 1 is 1.50 bits per heavy atom. The van der Waals surface area contributed by atoms with Gasteiger partial charge in [0.25, 0.3) is 0 Å². The van der Waals surface area contributed by atoms with Crippen LogP contribution in [0.2, 0.25) is 0 Å². The van der Waals surface area contributed by atoms with Crippen molar-refractivity contribution in [3.05, 3.63) is 30.1 Å². The van der Waals surface area contributed by atoms with Crippen molar-refractivity contribution >= 4 is 0 Å². The molecule has 0 amide bonds. The van der Waals surface area contributed by atoms with E-state index in [0.717, 1.165) is 12.8 Å². The van der Waals surface area contributed by atoms with Crippen molar-refractivity contribution in [1.29, 1.82) is 0 Å². The third-order valence-electron chi connectivity index (χ3n) is 1.49. The fraction of sp³-hybridized carbons (Fsp3) is 0.400. The summed E-state index contributed by atoms with van der Waals surface area (Å²) in [6.07, 6.45) is 2.07. The zero-order valence-electron chi connectivity index (χ0n) is 7.14. The minimum absolute atomic E-state index is 0.371. The van der Waals surface area contributed by atoms with Crippen molar-refractivity contribution in [2.24, 2.45) is 0 Å². The Labute approximate surface area is 72.2 Å². The summed E-state index contributed by atoms with van der Waals surface area (Å²) in [5.41, 5.74) is 0. The van der Waals surface area contributed by atoms with Gasteiger partial charge >= 0.3 is 0 Å². The van der Waals surface area contributed by atoms with Crippen molar-refractivity contribution < 1.29 is 9.13 Å². The first-order valence-electron chi connectivity index (χ1n) is 4.13. The second-order valence-corrected chi connectivity index (χ2v) is 2.56. The summed E-state index contributed by atoms with van der Waals surface area (Å²) in [7, 11) is 0. The molecule has 0 bridgehead atoms. The van der Waals surface area contributed by atoms with E-state index in [9.17, 15) is 4.39 Å². The SMILES string of the molecule is CCCCOc1[c]c(F)ccc1. The molecule has 1 nitrogen and oxygen atoms in total. The van der Waals surface area contributed by atoms with Gasteiger partial charge in [0.2, 0.25) is 0 Å². The molecule has 12 heavy (non-hydrogen) atoms. The molecule has 0 atom stereocenters. The Morgan fingerprint density at radius 2 is 2.33 bits per heavy atom. The Hall–Kier alpha value is -1.05. The maximum Gasteiger partial charge on any atom is 0.135 e. The highest BCUT2D eigenvalue weighted by molar-refractivity contribution is 5.20. The van der Waals surface area contributed by atoms with Crippen LogP contribution < -0.4 is 4.74 Å². The maximum absolute atomic E-state index is 12.5. The van der Waals surface area contributed by atoms with E-state index in [0.29, 0.717) is 12.4 Å². The van der Waals surface area contributed by atoms with E-state index in [4.69, 9.17) is 4.74 Å². The number of halogens is 1. The van der Waals surface area contributed by atoms with E-state index >= 15 is 0 Å². The summed E-state index contributed by atoms with van der Waals surface area (Å²) < 4.78 is 17.8. The Kier molecular flexibility index (Phi) is 3.58. The molecule has 0 fully saturated rings. The van der Waals surface area contributed by atoms with Crippen LogP contribution in [-0.4, -0.2) is 6.61 Å². The van der Waals surface area contributed by atoms with E-state index in [2.05, 4.69) is 13.0 Å². The maximum atomic E-state index is 12.5. The number of rotatable bonds is 4. The van der Waals surface area contributed by atoms with Gasteiger partial charge < -0.3 is 4.74 Å². The fourth-order valence-electron chi connectivity index (χ4n) is 0.832. The molecule has 0 unspecified atom stereocenters. The minimum atomic E-state index is -0.371. The molecule has 0 aromatic heterocycles. The Morgan fingerprint density at radius 3 is 3.00 bits per heavy atom. The molecule has 0 heterocycles. The molecule has 0 aliphatic carbocycles. The average Bonchev–Trinajstić information content (AvgIpc) is 2.05. The van der Waals surface area contributed by atoms with Gasteiger partial charge in [-0.3, -0.25) is 0 Å². The molecule has 0 aliphatic heterocycles. The van der Waals surface area contributed by atoms with Crippen molar-refractivity contribution in [2.45, 2.75) is 19.8 Å². The summed E-state index contributed by atoms with van der Waals surface area (Å²) in [5.74, 6) is 0.118. The number of ether oxygens (including phenoxy) is 1. The fourth-order valence-corrected chi connectivity index (χ4v) is 0.832. The first-order chi connectivity index (χ1) is 5.83. The molecule has 0 aliphatic rings. The van der Waals surface area contributed by atoms with Crippen molar-refractivity contribution in [2.75, 3.05) is 6.61 Å². The first-order valence-corrected chi connectivity index (χ1v) is 4.13. The van der Waals surface area contributed by atoms with Gasteiger partial charge in [0, 0.05) is 0 Å². The summed E-state index contributed by atoms with van der Waals surface area (Å²) in [5, 5.41) is 0. The summed E-state index contributed by atoms with van der Waals surface area (Å²) in [6, 6.07) is 7.16. The molecule has 0 spiro atoms. The van der Waals surface area contributed by atoms with Crippen LogP contribution in [0.3, 0.4) is 0 Å². The van der Waals surface area contributed by atoms with Gasteiger partial charge in [0.15, 0.2) is 0 Å². The lowest BCUT2D eigenvalue weighted by Crippen LogP contribution is -1.96. The predicted molar refractivity (Wildman–Crippen MR) is 45.6 cm³/mol. The lowest BCUT2D eigenvalue weighted by Gasteiger charge is -2.03. The highest BCUT2D eigenvalue weighted by Gasteiger charge is 1.95. The average molecular weight is 167 g/mol. The van der Waals surface area contributed by atoms with Crippen LogP contribution in [0.4, 0.5) is 4.39 Å². The largest absolute Gasteiger partial charge is 0.493 e. The number of unbranched alkanes of at least 4 members (excludes halogenated alkanes) is 1. The van der Waals surface area contributed by atoms with E-state index < -0.39 is 0 Å². The van der Waals surface area contributed by atoms with Gasteiger partial charge in [-0.15, -0.1) is 0 Å². The third-order valence-corrected chi connectivity index (χ3v) is 1.49. The lowest BCUT2D eigenvalue weighted by atomic mass is 10.3. The van der Waals surface area contributed by atoms with E-state index in [1.165, 1.54) is 6.07 Å². The molecular formula is C10H12FO. The summed E-state index contributed by atoms with van der Waals surface area (Å²) in [6.45, 7) is 2.72. The first kappa shape index (κ1) is 9.04. The highest BCUT2D eigenvalue weighted by Crippen LogP contribution is 2.10. The predicted octanol–water partition coefficient (Wildman–Crippen LogP) is 2.80. The second-order valence-electron chi connectivity index (χ2n) is 2.56. The van der Waals surface area contributed by atoms with Gasteiger partial charge in [-0.25, -0.2) is 4.39 Å². The third kappa shape index (κ3) is 2.91. The summed E-state index contributed by atoms with van der Waals surface area (Å²) in [4.78, 5) is 0. The van der Waals surface area contributed by atoms with Crippen LogP contribution in [-0.2, 0) is 0 Å². The van der Waals surface area contributed by atoms with Gasteiger partial charge in [-0.1, -0.05) is 19.4 Å². The second kappa shape index (κ2) is 4.75. The number of hydrogen-bond donors (Lipinski definition) is 0. The van der Waals surface area contributed by atoms with E-state index in [1.807, 2.05) is 0 Å². The molecule has 1 aromatic carbocycles. The van der Waals surface area contributed by atoms with Gasteiger partial charge in [0.1, 0.15) is 11.6 Å². The highest BCUT2D eigenvalue weighted by atomic mass is 19.1. The van der Waals surface area contributed by atoms with Crippen LogP contribution in [0.25, 0.3) is 0 Å².